The van der Waals surface area contributed by atoms with E-state index in [-0.39, 0.29) is 29.6 Å². The van der Waals surface area contributed by atoms with Gasteiger partial charge in [0.05, 0.1) is 6.04 Å². The number of carbonyl (C=O) groups is 2. The van der Waals surface area contributed by atoms with Gasteiger partial charge in [-0.25, -0.2) is 4.39 Å². The van der Waals surface area contributed by atoms with Crippen molar-refractivity contribution < 1.29 is 14.0 Å². The summed E-state index contributed by atoms with van der Waals surface area (Å²) in [6.07, 6.45) is 4.46. The average Bonchev–Trinajstić information content (AvgIpc) is 2.74. The summed E-state index contributed by atoms with van der Waals surface area (Å²) >= 11 is 0. The molecule has 0 aromatic heterocycles. The predicted octanol–water partition coefficient (Wildman–Crippen LogP) is 3.87. The van der Waals surface area contributed by atoms with Gasteiger partial charge in [-0.1, -0.05) is 24.3 Å². The highest BCUT2D eigenvalue weighted by atomic mass is 19.1. The van der Waals surface area contributed by atoms with Gasteiger partial charge in [0.15, 0.2) is 0 Å². The third kappa shape index (κ3) is 3.93. The molecule has 0 saturated carbocycles. The maximum absolute atomic E-state index is 13.0. The molecule has 1 aliphatic heterocycles. The van der Waals surface area contributed by atoms with Gasteiger partial charge in [-0.15, -0.1) is 0 Å². The Balaban J connectivity index is 1.33. The molecule has 0 spiro atoms. The molecule has 0 bridgehead atoms. The number of benzene rings is 2. The van der Waals surface area contributed by atoms with Crippen LogP contribution in [-0.4, -0.2) is 29.8 Å². The van der Waals surface area contributed by atoms with Crippen LogP contribution in [0.1, 0.15) is 53.2 Å². The lowest BCUT2D eigenvalue weighted by Gasteiger charge is -2.33. The van der Waals surface area contributed by atoms with E-state index in [9.17, 15) is 14.0 Å². The molecule has 146 valence electrons. The van der Waals surface area contributed by atoms with Gasteiger partial charge in [-0.2, -0.15) is 0 Å². The van der Waals surface area contributed by atoms with Crippen LogP contribution in [0.2, 0.25) is 0 Å². The lowest BCUT2D eigenvalue weighted by molar-refractivity contribution is -0.127. The second-order valence-electron chi connectivity index (χ2n) is 7.73. The van der Waals surface area contributed by atoms with Gasteiger partial charge in [-0.05, 0) is 67.5 Å². The molecule has 0 radical (unpaired) electrons. The van der Waals surface area contributed by atoms with Crippen LogP contribution < -0.4 is 5.32 Å². The minimum atomic E-state index is -0.351. The lowest BCUT2D eigenvalue weighted by Crippen LogP contribution is -2.44. The summed E-state index contributed by atoms with van der Waals surface area (Å²) in [5, 5.41) is 3.24. The molecule has 4 rings (SSSR count). The van der Waals surface area contributed by atoms with E-state index in [0.29, 0.717) is 31.5 Å². The molecule has 1 atom stereocenters. The average molecular weight is 380 g/mol. The van der Waals surface area contributed by atoms with Crippen LogP contribution in [0.15, 0.2) is 48.5 Å². The number of nitrogens with zero attached hydrogens (tertiary/aromatic N) is 1. The number of hydrogen-bond donors (Lipinski definition) is 1. The van der Waals surface area contributed by atoms with Crippen LogP contribution in [0.25, 0.3) is 0 Å². The molecular formula is C23H25FN2O2. The molecule has 2 amide bonds. The highest BCUT2D eigenvalue weighted by molar-refractivity contribution is 5.94. The van der Waals surface area contributed by atoms with Crippen LogP contribution in [0, 0.1) is 11.7 Å². The van der Waals surface area contributed by atoms with Crippen molar-refractivity contribution in [3.63, 3.8) is 0 Å². The third-order valence-corrected chi connectivity index (χ3v) is 5.93. The number of aryl methyl sites for hydroxylation is 1. The van der Waals surface area contributed by atoms with Crippen LogP contribution in [-0.2, 0) is 11.2 Å². The number of amides is 2. The zero-order valence-corrected chi connectivity index (χ0v) is 15.9. The fourth-order valence-corrected chi connectivity index (χ4v) is 4.31. The molecule has 1 aliphatic carbocycles. The Bertz CT molecular complexity index is 857. The number of nitrogens with one attached hydrogen (secondary N) is 1. The molecule has 0 unspecified atom stereocenters. The third-order valence-electron chi connectivity index (χ3n) is 5.93. The zero-order chi connectivity index (χ0) is 19.5. The summed E-state index contributed by atoms with van der Waals surface area (Å²) in [7, 11) is 0. The monoisotopic (exact) mass is 380 g/mol. The first-order valence-corrected chi connectivity index (χ1v) is 10.0. The smallest absolute Gasteiger partial charge is 0.253 e. The number of halogens is 1. The van der Waals surface area contributed by atoms with Crippen LogP contribution in [0.3, 0.4) is 0 Å². The van der Waals surface area contributed by atoms with E-state index >= 15 is 0 Å². The molecule has 2 aromatic carbocycles. The highest BCUT2D eigenvalue weighted by Crippen LogP contribution is 2.30. The molecule has 1 fully saturated rings. The number of hydrogen-bond acceptors (Lipinski definition) is 2. The summed E-state index contributed by atoms with van der Waals surface area (Å²) in [4.78, 5) is 27.1. The minimum absolute atomic E-state index is 0.0636. The van der Waals surface area contributed by atoms with Crippen molar-refractivity contribution in [2.45, 2.75) is 38.1 Å². The van der Waals surface area contributed by atoms with Gasteiger partial charge >= 0.3 is 0 Å². The highest BCUT2D eigenvalue weighted by Gasteiger charge is 2.30. The van der Waals surface area contributed by atoms with E-state index in [1.54, 1.807) is 4.90 Å². The quantitative estimate of drug-likeness (QED) is 0.879. The Morgan fingerprint density at radius 3 is 2.43 bits per heavy atom. The molecule has 1 saturated heterocycles. The van der Waals surface area contributed by atoms with Crippen LogP contribution >= 0.6 is 0 Å². The van der Waals surface area contributed by atoms with E-state index < -0.39 is 0 Å². The van der Waals surface area contributed by atoms with Gasteiger partial charge < -0.3 is 10.2 Å². The van der Waals surface area contributed by atoms with E-state index in [1.165, 1.54) is 35.4 Å². The zero-order valence-electron chi connectivity index (χ0n) is 15.9. The van der Waals surface area contributed by atoms with Gasteiger partial charge in [0.25, 0.3) is 5.91 Å². The molecular weight excluding hydrogens is 355 g/mol. The van der Waals surface area contributed by atoms with Gasteiger partial charge in [0, 0.05) is 24.6 Å². The van der Waals surface area contributed by atoms with E-state index in [2.05, 4.69) is 23.5 Å². The Hall–Kier alpha value is -2.69. The van der Waals surface area contributed by atoms with Crippen LogP contribution in [0.5, 0.6) is 0 Å². The van der Waals surface area contributed by atoms with Crippen molar-refractivity contribution in [2.75, 3.05) is 13.1 Å². The van der Waals surface area contributed by atoms with Crippen molar-refractivity contribution in [2.24, 2.45) is 5.92 Å². The topological polar surface area (TPSA) is 49.4 Å². The van der Waals surface area contributed by atoms with Gasteiger partial charge in [0.1, 0.15) is 5.82 Å². The Morgan fingerprint density at radius 1 is 0.964 bits per heavy atom. The SMILES string of the molecule is O=C(N[C@@H]1CCCc2ccccc21)C1CCN(C(=O)c2ccc(F)cc2)CC1. The van der Waals surface area contributed by atoms with Crippen LogP contribution in [0.4, 0.5) is 4.39 Å². The molecule has 2 aromatic rings. The Morgan fingerprint density at radius 2 is 1.68 bits per heavy atom. The number of likely N-dealkylation sites (tertiary alicyclic amines) is 1. The summed E-state index contributed by atoms with van der Waals surface area (Å²) in [6.45, 7) is 1.10. The fourth-order valence-electron chi connectivity index (χ4n) is 4.31. The molecule has 28 heavy (non-hydrogen) atoms. The van der Waals surface area contributed by atoms with Crippen molar-refractivity contribution in [1.29, 1.82) is 0 Å². The first-order chi connectivity index (χ1) is 13.6. The second kappa shape index (κ2) is 8.13. The molecule has 1 N–H and O–H groups in total. The largest absolute Gasteiger partial charge is 0.349 e. The first-order valence-electron chi connectivity index (χ1n) is 10.0. The Kier molecular flexibility index (Phi) is 5.42. The number of fused-ring (bicyclic) bond motifs is 1. The maximum Gasteiger partial charge on any atom is 0.253 e. The number of carbonyl (C=O) groups excluding carboxylic acids is 2. The number of rotatable bonds is 3. The maximum atomic E-state index is 13.0. The van der Waals surface area contributed by atoms with Crippen molar-refractivity contribution in [3.8, 4) is 0 Å². The van der Waals surface area contributed by atoms with E-state index in [0.717, 1.165) is 19.3 Å². The molecule has 2 aliphatic rings. The minimum Gasteiger partial charge on any atom is -0.349 e. The first kappa shape index (κ1) is 18.7. The second-order valence-corrected chi connectivity index (χ2v) is 7.73. The van der Waals surface area contributed by atoms with Gasteiger partial charge in [-0.3, -0.25) is 9.59 Å². The van der Waals surface area contributed by atoms with E-state index in [1.807, 2.05) is 6.07 Å². The predicted molar refractivity (Wildman–Crippen MR) is 105 cm³/mol. The summed E-state index contributed by atoms with van der Waals surface area (Å²) in [5.41, 5.74) is 3.06. The van der Waals surface area contributed by atoms with Crippen molar-refractivity contribution in [1.82, 2.24) is 10.2 Å². The molecule has 1 heterocycles. The fraction of sp³-hybridized carbons (Fsp3) is 0.391. The van der Waals surface area contributed by atoms with Crippen molar-refractivity contribution in [3.05, 3.63) is 71.0 Å². The van der Waals surface area contributed by atoms with Gasteiger partial charge in [0.2, 0.25) is 5.91 Å². The lowest BCUT2D eigenvalue weighted by atomic mass is 9.87. The summed E-state index contributed by atoms with van der Waals surface area (Å²) in [5.74, 6) is -0.418. The van der Waals surface area contributed by atoms with E-state index in [4.69, 9.17) is 0 Å². The normalized spacial score (nSPS) is 19.8. The summed E-state index contributed by atoms with van der Waals surface area (Å²) in [6, 6.07) is 14.1. The summed E-state index contributed by atoms with van der Waals surface area (Å²) < 4.78 is 13.0. The van der Waals surface area contributed by atoms with Crippen molar-refractivity contribution >= 4 is 11.8 Å². The number of piperidine rings is 1. The Labute approximate surface area is 164 Å². The molecule has 5 heteroatoms. The molecule has 4 nitrogen and oxygen atoms in total. The standard InChI is InChI=1S/C23H25FN2O2/c24-19-10-8-18(9-11-19)23(28)26-14-12-17(13-15-26)22(27)25-21-7-3-5-16-4-1-2-6-20(16)21/h1-2,4,6,8-11,17,21H,3,5,7,12-15H2,(H,25,27)/t21-/m1/s1.